The van der Waals surface area contributed by atoms with E-state index in [0.717, 1.165) is 44.8 Å². The molecule has 0 saturated carbocycles. The predicted octanol–water partition coefficient (Wildman–Crippen LogP) is 4.75. The van der Waals surface area contributed by atoms with Gasteiger partial charge < -0.3 is 15.0 Å². The Hall–Kier alpha value is -1.79. The highest BCUT2D eigenvalue weighted by Gasteiger charge is 2.17. The first-order valence-corrected chi connectivity index (χ1v) is 10.2. The molecule has 0 bridgehead atoms. The Labute approximate surface area is 176 Å². The molecule has 5 nitrogen and oxygen atoms in total. The van der Waals surface area contributed by atoms with E-state index in [-0.39, 0.29) is 6.03 Å². The minimum Gasteiger partial charge on any atom is -0.379 e. The second-order valence-corrected chi connectivity index (χ2v) is 7.61. The molecule has 1 heterocycles. The molecule has 7 heteroatoms. The molecule has 1 aliphatic heterocycles. The lowest BCUT2D eigenvalue weighted by Gasteiger charge is -2.28. The second kappa shape index (κ2) is 10.7. The minimum atomic E-state index is -0.171. The van der Waals surface area contributed by atoms with Crippen molar-refractivity contribution in [3.8, 4) is 0 Å². The Morgan fingerprint density at radius 2 is 1.89 bits per heavy atom. The van der Waals surface area contributed by atoms with Crippen molar-refractivity contribution in [2.24, 2.45) is 0 Å². The first kappa shape index (κ1) is 20.9. The van der Waals surface area contributed by atoms with E-state index in [4.69, 9.17) is 27.9 Å². The summed E-state index contributed by atoms with van der Waals surface area (Å²) in [7, 11) is 0. The molecule has 0 atom stereocenters. The molecule has 2 amide bonds. The lowest BCUT2D eigenvalue weighted by molar-refractivity contribution is 0.0365. The fourth-order valence-electron chi connectivity index (χ4n) is 3.17. The third-order valence-corrected chi connectivity index (χ3v) is 5.24. The fourth-order valence-corrected chi connectivity index (χ4v) is 3.57. The van der Waals surface area contributed by atoms with Crippen LogP contribution in [0.3, 0.4) is 0 Å². The zero-order valence-electron chi connectivity index (χ0n) is 15.7. The summed E-state index contributed by atoms with van der Waals surface area (Å²) in [5, 5.41) is 4.11. The summed E-state index contributed by atoms with van der Waals surface area (Å²) in [6.45, 7) is 5.51. The van der Waals surface area contributed by atoms with Crippen molar-refractivity contribution in [3.05, 3.63) is 64.1 Å². The highest BCUT2D eigenvalue weighted by Crippen LogP contribution is 2.21. The number of carbonyl (C=O) groups is 1. The van der Waals surface area contributed by atoms with Crippen LogP contribution in [0, 0.1) is 0 Å². The molecular formula is C21H25Cl2N3O2. The molecule has 2 aromatic carbocycles. The third-order valence-electron chi connectivity index (χ3n) is 4.67. The van der Waals surface area contributed by atoms with E-state index >= 15 is 0 Å². The van der Waals surface area contributed by atoms with Crippen LogP contribution in [-0.4, -0.2) is 55.2 Å². The van der Waals surface area contributed by atoms with Gasteiger partial charge in [0.05, 0.1) is 23.9 Å². The van der Waals surface area contributed by atoms with Crippen LogP contribution in [0.2, 0.25) is 10.0 Å². The number of nitrogens with one attached hydrogen (secondary N) is 1. The molecule has 150 valence electrons. The van der Waals surface area contributed by atoms with Crippen molar-refractivity contribution < 1.29 is 9.53 Å². The van der Waals surface area contributed by atoms with Gasteiger partial charge in [0.1, 0.15) is 0 Å². The normalized spacial score (nSPS) is 14.6. The topological polar surface area (TPSA) is 44.8 Å². The van der Waals surface area contributed by atoms with Crippen LogP contribution < -0.4 is 5.32 Å². The maximum Gasteiger partial charge on any atom is 0.322 e. The van der Waals surface area contributed by atoms with Crippen LogP contribution in [0.15, 0.2) is 48.5 Å². The zero-order chi connectivity index (χ0) is 19.8. The van der Waals surface area contributed by atoms with Gasteiger partial charge in [0, 0.05) is 37.7 Å². The highest BCUT2D eigenvalue weighted by molar-refractivity contribution is 6.33. The van der Waals surface area contributed by atoms with Crippen molar-refractivity contribution >= 4 is 34.9 Å². The molecule has 1 saturated heterocycles. The number of hydrogen-bond acceptors (Lipinski definition) is 3. The molecule has 3 rings (SSSR count). The average molecular weight is 422 g/mol. The monoisotopic (exact) mass is 421 g/mol. The van der Waals surface area contributed by atoms with Crippen molar-refractivity contribution in [1.82, 2.24) is 9.80 Å². The number of hydrogen-bond donors (Lipinski definition) is 1. The number of ether oxygens (including phenoxy) is 1. The summed E-state index contributed by atoms with van der Waals surface area (Å²) < 4.78 is 5.39. The van der Waals surface area contributed by atoms with Crippen molar-refractivity contribution in [3.63, 3.8) is 0 Å². The maximum atomic E-state index is 12.9. The molecule has 0 aliphatic carbocycles. The van der Waals surface area contributed by atoms with Gasteiger partial charge in [-0.1, -0.05) is 47.5 Å². The molecule has 2 aromatic rings. The molecule has 0 radical (unpaired) electrons. The number of morpholine rings is 1. The first-order valence-electron chi connectivity index (χ1n) is 9.47. The number of amides is 2. The summed E-state index contributed by atoms with van der Waals surface area (Å²) in [5.41, 5.74) is 1.60. The van der Waals surface area contributed by atoms with Crippen LogP contribution >= 0.6 is 23.2 Å². The third kappa shape index (κ3) is 6.38. The maximum absolute atomic E-state index is 12.9. The molecule has 1 aliphatic rings. The summed E-state index contributed by atoms with van der Waals surface area (Å²) in [6.07, 6.45) is 0.885. The van der Waals surface area contributed by atoms with Gasteiger partial charge in [0.25, 0.3) is 0 Å². The predicted molar refractivity (Wildman–Crippen MR) is 114 cm³/mol. The van der Waals surface area contributed by atoms with Crippen LogP contribution in [-0.2, 0) is 11.3 Å². The Morgan fingerprint density at radius 1 is 1.11 bits per heavy atom. The number of anilines is 1. The summed E-state index contributed by atoms with van der Waals surface area (Å²) >= 11 is 12.3. The Bertz CT molecular complexity index is 782. The molecule has 0 aromatic heterocycles. The SMILES string of the molecule is O=C(Nc1ccccc1Cl)N(CCCN1CCOCC1)Cc1cccc(Cl)c1. The molecule has 28 heavy (non-hydrogen) atoms. The van der Waals surface area contributed by atoms with Crippen molar-refractivity contribution in [2.75, 3.05) is 44.7 Å². The molecule has 0 unspecified atom stereocenters. The van der Waals surface area contributed by atoms with Gasteiger partial charge >= 0.3 is 6.03 Å². The first-order chi connectivity index (χ1) is 13.6. The van der Waals surface area contributed by atoms with E-state index in [1.807, 2.05) is 36.4 Å². The van der Waals surface area contributed by atoms with Gasteiger partial charge in [-0.05, 0) is 36.2 Å². The number of rotatable bonds is 7. The van der Waals surface area contributed by atoms with Crippen molar-refractivity contribution in [2.45, 2.75) is 13.0 Å². The minimum absolute atomic E-state index is 0.171. The number of para-hydroxylation sites is 1. The number of benzene rings is 2. The number of carbonyl (C=O) groups excluding carboxylic acids is 1. The Balaban J connectivity index is 1.64. The summed E-state index contributed by atoms with van der Waals surface area (Å²) in [4.78, 5) is 17.1. The number of urea groups is 1. The fraction of sp³-hybridized carbons (Fsp3) is 0.381. The summed E-state index contributed by atoms with van der Waals surface area (Å²) in [5.74, 6) is 0. The van der Waals surface area contributed by atoms with Gasteiger partial charge in [-0.15, -0.1) is 0 Å². The van der Waals surface area contributed by atoms with E-state index in [9.17, 15) is 4.79 Å². The van der Waals surface area contributed by atoms with Gasteiger partial charge in [-0.25, -0.2) is 4.79 Å². The van der Waals surface area contributed by atoms with E-state index in [1.54, 1.807) is 17.0 Å². The Kier molecular flexibility index (Phi) is 7.98. The van der Waals surface area contributed by atoms with E-state index in [1.165, 1.54) is 0 Å². The van der Waals surface area contributed by atoms with E-state index in [2.05, 4.69) is 10.2 Å². The highest BCUT2D eigenvalue weighted by atomic mass is 35.5. The van der Waals surface area contributed by atoms with E-state index < -0.39 is 0 Å². The largest absolute Gasteiger partial charge is 0.379 e. The molecule has 1 N–H and O–H groups in total. The molecule has 1 fully saturated rings. The number of nitrogens with zero attached hydrogens (tertiary/aromatic N) is 2. The molecule has 0 spiro atoms. The average Bonchev–Trinajstić information content (AvgIpc) is 2.70. The van der Waals surface area contributed by atoms with E-state index in [0.29, 0.717) is 28.8 Å². The lowest BCUT2D eigenvalue weighted by atomic mass is 10.2. The zero-order valence-corrected chi connectivity index (χ0v) is 17.3. The quantitative estimate of drug-likeness (QED) is 0.701. The van der Waals surface area contributed by atoms with Gasteiger partial charge in [-0.2, -0.15) is 0 Å². The van der Waals surface area contributed by atoms with Crippen LogP contribution in [0.4, 0.5) is 10.5 Å². The summed E-state index contributed by atoms with van der Waals surface area (Å²) in [6, 6.07) is 14.7. The van der Waals surface area contributed by atoms with Crippen molar-refractivity contribution in [1.29, 1.82) is 0 Å². The standard InChI is InChI=1S/C21H25Cl2N3O2/c22-18-6-3-5-17(15-18)16-26(10-4-9-25-11-13-28-14-12-25)21(27)24-20-8-2-1-7-19(20)23/h1-3,5-8,15H,4,9-14,16H2,(H,24,27). The smallest absolute Gasteiger partial charge is 0.322 e. The van der Waals surface area contributed by atoms with Gasteiger partial charge in [-0.3, -0.25) is 4.90 Å². The number of halogens is 2. The second-order valence-electron chi connectivity index (χ2n) is 6.77. The Morgan fingerprint density at radius 3 is 2.64 bits per heavy atom. The van der Waals surface area contributed by atoms with Gasteiger partial charge in [0.2, 0.25) is 0 Å². The van der Waals surface area contributed by atoms with Crippen LogP contribution in [0.25, 0.3) is 0 Å². The van der Waals surface area contributed by atoms with Gasteiger partial charge in [0.15, 0.2) is 0 Å². The van der Waals surface area contributed by atoms with Crippen LogP contribution in [0.1, 0.15) is 12.0 Å². The van der Waals surface area contributed by atoms with Crippen LogP contribution in [0.5, 0.6) is 0 Å². The lowest BCUT2D eigenvalue weighted by Crippen LogP contribution is -2.40. The molecular weight excluding hydrogens is 397 g/mol.